The third-order valence-electron chi connectivity index (χ3n) is 2.91. The molecule has 5 heteroatoms. The van der Waals surface area contributed by atoms with Crippen molar-refractivity contribution >= 4 is 22.5 Å². The van der Waals surface area contributed by atoms with E-state index in [-0.39, 0.29) is 0 Å². The molecule has 0 N–H and O–H groups in total. The summed E-state index contributed by atoms with van der Waals surface area (Å²) in [5.74, 6) is 2.33. The molecule has 0 aliphatic carbocycles. The number of para-hydroxylation sites is 1. The van der Waals surface area contributed by atoms with Gasteiger partial charge >= 0.3 is 0 Å². The Morgan fingerprint density at radius 1 is 1.05 bits per heavy atom. The molecule has 0 atom stereocenters. The first-order valence-electron chi connectivity index (χ1n) is 5.99. The van der Waals surface area contributed by atoms with E-state index in [0.29, 0.717) is 0 Å². The number of anilines is 2. The number of nitrogens with zero attached hydrogens (tertiary/aromatic N) is 5. The molecule has 2 aromatic heterocycles. The summed E-state index contributed by atoms with van der Waals surface area (Å²) in [6, 6.07) is 7.95. The maximum absolute atomic E-state index is 4.52. The minimum atomic E-state index is 0.740. The van der Waals surface area contributed by atoms with Gasteiger partial charge in [0.2, 0.25) is 0 Å². The molecule has 0 aliphatic heterocycles. The Kier molecular flexibility index (Phi) is 2.79. The Morgan fingerprint density at radius 2 is 1.89 bits per heavy atom. The maximum atomic E-state index is 4.52. The maximum Gasteiger partial charge on any atom is 0.152 e. The van der Waals surface area contributed by atoms with Gasteiger partial charge < -0.3 is 4.90 Å². The van der Waals surface area contributed by atoms with Crippen molar-refractivity contribution in [3.05, 3.63) is 48.7 Å². The Hall–Kier alpha value is -2.56. The molecule has 0 spiro atoms. The van der Waals surface area contributed by atoms with Gasteiger partial charge in [0, 0.05) is 24.8 Å². The van der Waals surface area contributed by atoms with Crippen LogP contribution in [0.1, 0.15) is 5.82 Å². The fourth-order valence-corrected chi connectivity index (χ4v) is 2.00. The van der Waals surface area contributed by atoms with Crippen LogP contribution in [-0.4, -0.2) is 27.0 Å². The first kappa shape index (κ1) is 11.5. The number of hydrogen-bond donors (Lipinski definition) is 0. The van der Waals surface area contributed by atoms with E-state index in [1.807, 2.05) is 43.1 Å². The number of aryl methyl sites for hydroxylation is 1. The van der Waals surface area contributed by atoms with Crippen molar-refractivity contribution < 1.29 is 0 Å². The smallest absolute Gasteiger partial charge is 0.152 e. The SMILES string of the molecule is Cc1nc(N(C)c2cnccn2)c2ccccc2n1. The van der Waals surface area contributed by atoms with Crippen LogP contribution in [-0.2, 0) is 0 Å². The van der Waals surface area contributed by atoms with E-state index in [1.165, 1.54) is 0 Å². The fourth-order valence-electron chi connectivity index (χ4n) is 2.00. The van der Waals surface area contributed by atoms with Gasteiger partial charge in [-0.2, -0.15) is 0 Å². The van der Waals surface area contributed by atoms with Gasteiger partial charge in [-0.15, -0.1) is 0 Å². The summed E-state index contributed by atoms with van der Waals surface area (Å²) in [5, 5.41) is 1.00. The predicted octanol–water partition coefficient (Wildman–Crippen LogP) is 2.50. The molecule has 3 aromatic rings. The number of hydrogen-bond acceptors (Lipinski definition) is 5. The van der Waals surface area contributed by atoms with Crippen LogP contribution in [0.5, 0.6) is 0 Å². The quantitative estimate of drug-likeness (QED) is 0.700. The van der Waals surface area contributed by atoms with Crippen molar-refractivity contribution in [3.63, 3.8) is 0 Å². The van der Waals surface area contributed by atoms with Gasteiger partial charge in [0.1, 0.15) is 11.6 Å². The Morgan fingerprint density at radius 3 is 2.68 bits per heavy atom. The van der Waals surface area contributed by atoms with Crippen molar-refractivity contribution in [2.75, 3.05) is 11.9 Å². The summed E-state index contributed by atoms with van der Waals surface area (Å²) < 4.78 is 0. The van der Waals surface area contributed by atoms with Crippen molar-refractivity contribution in [2.24, 2.45) is 0 Å². The molecule has 0 unspecified atom stereocenters. The molecule has 0 radical (unpaired) electrons. The van der Waals surface area contributed by atoms with Gasteiger partial charge in [0.15, 0.2) is 5.82 Å². The fraction of sp³-hybridized carbons (Fsp3) is 0.143. The van der Waals surface area contributed by atoms with Gasteiger partial charge in [0.05, 0.1) is 11.7 Å². The average molecular weight is 251 g/mol. The zero-order valence-corrected chi connectivity index (χ0v) is 10.8. The van der Waals surface area contributed by atoms with Crippen molar-refractivity contribution in [1.29, 1.82) is 0 Å². The molecular weight excluding hydrogens is 238 g/mol. The zero-order valence-electron chi connectivity index (χ0n) is 10.8. The van der Waals surface area contributed by atoms with Gasteiger partial charge in [-0.05, 0) is 19.1 Å². The van der Waals surface area contributed by atoms with Crippen molar-refractivity contribution in [3.8, 4) is 0 Å². The summed E-state index contributed by atoms with van der Waals surface area (Å²) in [7, 11) is 1.93. The van der Waals surface area contributed by atoms with Crippen molar-refractivity contribution in [2.45, 2.75) is 6.92 Å². The van der Waals surface area contributed by atoms with Crippen LogP contribution in [0.4, 0.5) is 11.6 Å². The molecule has 2 heterocycles. The lowest BCUT2D eigenvalue weighted by molar-refractivity contribution is 1.01. The first-order valence-corrected chi connectivity index (χ1v) is 5.99. The summed E-state index contributed by atoms with van der Waals surface area (Å²) in [4.78, 5) is 19.3. The van der Waals surface area contributed by atoms with Gasteiger partial charge in [-0.1, -0.05) is 12.1 Å². The molecule has 94 valence electrons. The highest BCUT2D eigenvalue weighted by molar-refractivity contribution is 5.90. The zero-order chi connectivity index (χ0) is 13.2. The average Bonchev–Trinajstić information content (AvgIpc) is 2.46. The molecule has 0 saturated heterocycles. The van der Waals surface area contributed by atoms with E-state index >= 15 is 0 Å². The van der Waals surface area contributed by atoms with Crippen LogP contribution in [0.2, 0.25) is 0 Å². The third-order valence-corrected chi connectivity index (χ3v) is 2.91. The molecule has 0 bridgehead atoms. The van der Waals surface area contributed by atoms with Gasteiger partial charge in [-0.3, -0.25) is 4.98 Å². The van der Waals surface area contributed by atoms with Gasteiger partial charge in [-0.25, -0.2) is 15.0 Å². The van der Waals surface area contributed by atoms with E-state index in [1.54, 1.807) is 18.6 Å². The molecule has 5 nitrogen and oxygen atoms in total. The molecular formula is C14H13N5. The summed E-state index contributed by atoms with van der Waals surface area (Å²) >= 11 is 0. The predicted molar refractivity (Wildman–Crippen MR) is 74.4 cm³/mol. The molecule has 0 fully saturated rings. The molecule has 0 saturated carbocycles. The van der Waals surface area contributed by atoms with E-state index in [0.717, 1.165) is 28.4 Å². The number of fused-ring (bicyclic) bond motifs is 1. The summed E-state index contributed by atoms with van der Waals surface area (Å²) in [6.45, 7) is 1.89. The standard InChI is InChI=1S/C14H13N5/c1-10-17-12-6-4-3-5-11(12)14(18-10)19(2)13-9-15-7-8-16-13/h3-9H,1-2H3. The number of benzene rings is 1. The van der Waals surface area contributed by atoms with Gasteiger partial charge in [0.25, 0.3) is 0 Å². The van der Waals surface area contributed by atoms with E-state index in [9.17, 15) is 0 Å². The second-order valence-electron chi connectivity index (χ2n) is 4.23. The van der Waals surface area contributed by atoms with E-state index < -0.39 is 0 Å². The molecule has 19 heavy (non-hydrogen) atoms. The van der Waals surface area contributed by atoms with Crippen LogP contribution in [0.15, 0.2) is 42.9 Å². The highest BCUT2D eigenvalue weighted by Gasteiger charge is 2.12. The normalized spacial score (nSPS) is 10.6. The molecule has 3 rings (SSSR count). The minimum Gasteiger partial charge on any atom is -0.312 e. The molecule has 0 amide bonds. The highest BCUT2D eigenvalue weighted by Crippen LogP contribution is 2.26. The Balaban J connectivity index is 2.19. The molecule has 1 aromatic carbocycles. The van der Waals surface area contributed by atoms with E-state index in [4.69, 9.17) is 0 Å². The second-order valence-corrected chi connectivity index (χ2v) is 4.23. The second kappa shape index (κ2) is 4.61. The van der Waals surface area contributed by atoms with Crippen LogP contribution in [0.25, 0.3) is 10.9 Å². The van der Waals surface area contributed by atoms with Crippen molar-refractivity contribution in [1.82, 2.24) is 19.9 Å². The first-order chi connectivity index (χ1) is 9.25. The minimum absolute atomic E-state index is 0.740. The highest BCUT2D eigenvalue weighted by atomic mass is 15.2. The largest absolute Gasteiger partial charge is 0.312 e. The third kappa shape index (κ3) is 2.10. The Labute approximate surface area is 111 Å². The van der Waals surface area contributed by atoms with Crippen LogP contribution in [0, 0.1) is 6.92 Å². The lowest BCUT2D eigenvalue weighted by atomic mass is 10.2. The lowest BCUT2D eigenvalue weighted by Crippen LogP contribution is -2.14. The van der Waals surface area contributed by atoms with E-state index in [2.05, 4.69) is 19.9 Å². The summed E-state index contributed by atoms with van der Waals surface area (Å²) in [6.07, 6.45) is 5.04. The monoisotopic (exact) mass is 251 g/mol. The Bertz CT molecular complexity index is 711. The van der Waals surface area contributed by atoms with Crippen LogP contribution in [0.3, 0.4) is 0 Å². The lowest BCUT2D eigenvalue weighted by Gasteiger charge is -2.18. The van der Waals surface area contributed by atoms with Crippen LogP contribution >= 0.6 is 0 Å². The topological polar surface area (TPSA) is 54.8 Å². The number of rotatable bonds is 2. The van der Waals surface area contributed by atoms with Crippen LogP contribution < -0.4 is 4.90 Å². The summed E-state index contributed by atoms with van der Waals surface area (Å²) in [5.41, 5.74) is 0.931. The molecule has 0 aliphatic rings. The number of aromatic nitrogens is 4.